The first-order chi connectivity index (χ1) is 8.91. The molecule has 0 radical (unpaired) electrons. The van der Waals surface area contributed by atoms with Crippen LogP contribution in [0.1, 0.15) is 103 Å². The third-order valence-electron chi connectivity index (χ3n) is 3.96. The Balaban J connectivity index is 2.86. The van der Waals surface area contributed by atoms with Gasteiger partial charge in [-0.15, -0.1) is 0 Å². The molecule has 0 atom stereocenters. The summed E-state index contributed by atoms with van der Waals surface area (Å²) in [4.78, 5) is 1.56. The second-order valence-corrected chi connectivity index (χ2v) is 8.05. The van der Waals surface area contributed by atoms with Crippen molar-refractivity contribution in [2.75, 3.05) is 0 Å². The van der Waals surface area contributed by atoms with Crippen LogP contribution in [0.4, 0.5) is 0 Å². The summed E-state index contributed by atoms with van der Waals surface area (Å²) in [6.45, 7) is 2.30. The molecule has 0 aliphatic heterocycles. The molecule has 0 aromatic carbocycles. The van der Waals surface area contributed by atoms with Gasteiger partial charge < -0.3 is 0 Å². The summed E-state index contributed by atoms with van der Waals surface area (Å²) >= 11 is 1.10. The molecule has 108 valence electrons. The molecule has 0 rings (SSSR count). The molecule has 0 aromatic rings. The van der Waals surface area contributed by atoms with Crippen molar-refractivity contribution in [1.82, 2.24) is 0 Å². The Morgan fingerprint density at radius 3 is 1.00 bits per heavy atom. The van der Waals surface area contributed by atoms with Gasteiger partial charge in [0.1, 0.15) is 0 Å². The number of rotatable bonds is 15. The summed E-state index contributed by atoms with van der Waals surface area (Å²) in [7, 11) is 0. The van der Waals surface area contributed by atoms with E-state index in [2.05, 4.69) is 6.92 Å². The molecule has 0 unspecified atom stereocenters. The van der Waals surface area contributed by atoms with Crippen molar-refractivity contribution < 1.29 is 0 Å². The molecular weight excluding hydrogens is 274 g/mol. The van der Waals surface area contributed by atoms with Gasteiger partial charge in [0.15, 0.2) is 0 Å². The first-order valence-electron chi connectivity index (χ1n) is 8.91. The second-order valence-electron chi connectivity index (χ2n) is 5.95. The molecule has 0 aromatic heterocycles. The second kappa shape index (κ2) is 17.6. The van der Waals surface area contributed by atoms with E-state index in [0.29, 0.717) is 0 Å². The van der Waals surface area contributed by atoms with Crippen LogP contribution in [-0.4, -0.2) is 18.6 Å². The first kappa shape index (κ1) is 18.6. The molecule has 0 N–H and O–H groups in total. The van der Waals surface area contributed by atoms with Gasteiger partial charge in [0.05, 0.1) is 0 Å². The first-order valence-corrected chi connectivity index (χ1v) is 11.9. The van der Waals surface area contributed by atoms with E-state index in [0.717, 1.165) is 18.6 Å². The molecule has 0 saturated carbocycles. The van der Waals surface area contributed by atoms with Gasteiger partial charge in [-0.3, -0.25) is 0 Å². The van der Waals surface area contributed by atoms with E-state index < -0.39 is 0 Å². The van der Waals surface area contributed by atoms with Gasteiger partial charge >= 0.3 is 94.2 Å². The molecule has 18 heavy (non-hydrogen) atoms. The van der Waals surface area contributed by atoms with E-state index in [1.807, 2.05) is 0 Å². The Hall–Kier alpha value is 0.636. The van der Waals surface area contributed by atoms with Crippen LogP contribution in [0, 0.1) is 0 Å². The number of unbranched alkanes of at least 4 members (excludes halogenated alkanes) is 14. The van der Waals surface area contributed by atoms with Crippen LogP contribution in [-0.2, 0) is 0 Å². The zero-order valence-electron chi connectivity index (χ0n) is 13.3. The minimum absolute atomic E-state index is 1.10. The SMILES string of the molecule is CCCCCCCCCCCCCCCC[CH2][GaH2]. The molecule has 1 heteroatoms. The van der Waals surface area contributed by atoms with Crippen molar-refractivity contribution in [2.45, 2.75) is 108 Å². The standard InChI is InChI=1S/C17H35.Ga.2H/c1-3-5-7-9-11-13-15-17-16-14-12-10-8-6-4-2;;;/h1,3-17H2,2H3;;;. The van der Waals surface area contributed by atoms with Crippen LogP contribution in [0.15, 0.2) is 0 Å². The van der Waals surface area contributed by atoms with Crippen molar-refractivity contribution in [1.29, 1.82) is 0 Å². The minimum atomic E-state index is 1.10. The monoisotopic (exact) mass is 310 g/mol. The Kier molecular flexibility index (Phi) is 18.3. The van der Waals surface area contributed by atoms with Crippen molar-refractivity contribution >= 4 is 18.6 Å². The van der Waals surface area contributed by atoms with E-state index in [4.69, 9.17) is 0 Å². The average Bonchev–Trinajstić information content (AvgIpc) is 2.39. The van der Waals surface area contributed by atoms with Crippen LogP contribution in [0.2, 0.25) is 4.98 Å². The molecule has 0 saturated heterocycles. The van der Waals surface area contributed by atoms with Gasteiger partial charge in [-0.05, 0) is 0 Å². The fraction of sp³-hybridized carbons (Fsp3) is 1.00. The van der Waals surface area contributed by atoms with Crippen LogP contribution < -0.4 is 0 Å². The Morgan fingerprint density at radius 2 is 0.722 bits per heavy atom. The molecule has 0 spiro atoms. The van der Waals surface area contributed by atoms with Crippen LogP contribution >= 0.6 is 0 Å². The van der Waals surface area contributed by atoms with Crippen molar-refractivity contribution in [2.24, 2.45) is 0 Å². The fourth-order valence-corrected chi connectivity index (χ4v) is 3.67. The molecule has 0 amide bonds. The summed E-state index contributed by atoms with van der Waals surface area (Å²) < 4.78 is 0. The number of hydrogen-bond donors (Lipinski definition) is 0. The van der Waals surface area contributed by atoms with Crippen molar-refractivity contribution in [3.63, 3.8) is 0 Å². The van der Waals surface area contributed by atoms with Gasteiger partial charge in [0, 0.05) is 0 Å². The van der Waals surface area contributed by atoms with E-state index in [1.54, 1.807) is 4.98 Å². The topological polar surface area (TPSA) is 0 Å². The van der Waals surface area contributed by atoms with Crippen molar-refractivity contribution in [3.8, 4) is 0 Å². The third-order valence-corrected chi connectivity index (χ3v) is 5.44. The van der Waals surface area contributed by atoms with Gasteiger partial charge in [-0.2, -0.15) is 0 Å². The van der Waals surface area contributed by atoms with E-state index in [9.17, 15) is 0 Å². The van der Waals surface area contributed by atoms with E-state index in [-0.39, 0.29) is 0 Å². The summed E-state index contributed by atoms with van der Waals surface area (Å²) in [5, 5.41) is 0. The Morgan fingerprint density at radius 1 is 0.444 bits per heavy atom. The number of hydrogen-bond acceptors (Lipinski definition) is 0. The molecule has 0 bridgehead atoms. The Labute approximate surface area is 127 Å². The molecule has 0 heterocycles. The van der Waals surface area contributed by atoms with E-state index >= 15 is 0 Å². The maximum absolute atomic E-state index is 2.30. The zero-order valence-corrected chi connectivity index (χ0v) is 17.5. The molecule has 0 nitrogen and oxygen atoms in total. The summed E-state index contributed by atoms with van der Waals surface area (Å²) in [6.07, 6.45) is 22.3. The Bertz CT molecular complexity index is 118. The normalized spacial score (nSPS) is 10.9. The summed E-state index contributed by atoms with van der Waals surface area (Å²) in [5.74, 6) is 0. The van der Waals surface area contributed by atoms with E-state index in [1.165, 1.54) is 96.3 Å². The predicted molar refractivity (Wildman–Crippen MR) is 88.3 cm³/mol. The van der Waals surface area contributed by atoms with Gasteiger partial charge in [0.25, 0.3) is 0 Å². The quantitative estimate of drug-likeness (QED) is 0.260. The fourth-order valence-electron chi connectivity index (χ4n) is 2.62. The van der Waals surface area contributed by atoms with Gasteiger partial charge in [-0.25, -0.2) is 0 Å². The van der Waals surface area contributed by atoms with Crippen molar-refractivity contribution in [3.05, 3.63) is 0 Å². The molecule has 0 fully saturated rings. The summed E-state index contributed by atoms with van der Waals surface area (Å²) in [6, 6.07) is 0. The van der Waals surface area contributed by atoms with Crippen LogP contribution in [0.25, 0.3) is 0 Å². The van der Waals surface area contributed by atoms with Crippen LogP contribution in [0.3, 0.4) is 0 Å². The van der Waals surface area contributed by atoms with Gasteiger partial charge in [0.2, 0.25) is 0 Å². The predicted octanol–water partition coefficient (Wildman–Crippen LogP) is 5.91. The van der Waals surface area contributed by atoms with Crippen LogP contribution in [0.5, 0.6) is 0 Å². The average molecular weight is 311 g/mol. The molecule has 0 aliphatic carbocycles. The maximum atomic E-state index is 2.30. The third kappa shape index (κ3) is 16.6. The van der Waals surface area contributed by atoms with Gasteiger partial charge in [-0.1, -0.05) is 32.6 Å². The zero-order chi connectivity index (χ0) is 13.3. The summed E-state index contributed by atoms with van der Waals surface area (Å²) in [5.41, 5.74) is 0. The molecular formula is C17H37Ga. The molecule has 0 aliphatic rings.